The molecule has 4 aromatic rings. The molecule has 0 aliphatic heterocycles. The van der Waals surface area contributed by atoms with Crippen LogP contribution in [-0.2, 0) is 22.3 Å². The van der Waals surface area contributed by atoms with Crippen LogP contribution >= 0.6 is 0 Å². The van der Waals surface area contributed by atoms with Gasteiger partial charge in [-0.2, -0.15) is 0 Å². The second-order valence-electron chi connectivity index (χ2n) is 10.2. The first-order chi connectivity index (χ1) is 21.2. The lowest BCUT2D eigenvalue weighted by atomic mass is 9.99. The summed E-state index contributed by atoms with van der Waals surface area (Å²) in [5.41, 5.74) is 7.72. The quantitative estimate of drug-likeness (QED) is 0.0595. The Bertz CT molecular complexity index is 1480. The molecule has 43 heavy (non-hydrogen) atoms. The first-order valence-electron chi connectivity index (χ1n) is 14.6. The van der Waals surface area contributed by atoms with Gasteiger partial charge in [-0.25, -0.2) is 0 Å². The van der Waals surface area contributed by atoms with Crippen LogP contribution in [0.1, 0.15) is 35.1 Å². The van der Waals surface area contributed by atoms with Crippen molar-refractivity contribution in [2.24, 2.45) is 0 Å². The van der Waals surface area contributed by atoms with Crippen LogP contribution in [0.3, 0.4) is 0 Å². The normalized spacial score (nSPS) is 11.2. The lowest BCUT2D eigenvalue weighted by Crippen LogP contribution is -2.06. The van der Waals surface area contributed by atoms with Crippen LogP contribution in [0.5, 0.6) is 23.0 Å². The highest BCUT2D eigenvalue weighted by Crippen LogP contribution is 2.39. The van der Waals surface area contributed by atoms with Crippen LogP contribution in [0.15, 0.2) is 111 Å². The Morgan fingerprint density at radius 2 is 1.00 bits per heavy atom. The van der Waals surface area contributed by atoms with Gasteiger partial charge in [-0.15, -0.1) is 0 Å². The highest BCUT2D eigenvalue weighted by Gasteiger charge is 2.19. The predicted molar refractivity (Wildman–Crippen MR) is 169 cm³/mol. The van der Waals surface area contributed by atoms with Crippen LogP contribution in [-0.4, -0.2) is 33.2 Å². The van der Waals surface area contributed by atoms with Crippen LogP contribution in [0.2, 0.25) is 0 Å². The van der Waals surface area contributed by atoms with Crippen LogP contribution in [0.4, 0.5) is 0 Å². The van der Waals surface area contributed by atoms with Crippen LogP contribution in [0.25, 0.3) is 11.1 Å². The van der Waals surface area contributed by atoms with E-state index in [1.165, 1.54) is 45.9 Å². The maximum absolute atomic E-state index is 5.92. The third kappa shape index (κ3) is 8.58. The minimum Gasteiger partial charge on any atom is -0.502 e. The molecule has 0 unspecified atom stereocenters. The van der Waals surface area contributed by atoms with E-state index in [9.17, 15) is 0 Å². The van der Waals surface area contributed by atoms with Crippen molar-refractivity contribution in [1.82, 2.24) is 0 Å². The van der Waals surface area contributed by atoms with Crippen molar-refractivity contribution in [3.8, 4) is 34.1 Å². The van der Waals surface area contributed by atoms with E-state index in [1.807, 2.05) is 42.5 Å². The molecular weight excluding hydrogens is 540 g/mol. The molecule has 1 aliphatic carbocycles. The summed E-state index contributed by atoms with van der Waals surface area (Å²) < 4.78 is 33.4. The molecule has 0 saturated carbocycles. The molecule has 0 radical (unpaired) electrons. The minimum absolute atomic E-state index is 0.128. The molecule has 0 aromatic heterocycles. The number of hydrogen-bond acceptors (Lipinski definition) is 6. The number of fused-ring (bicyclic) bond motifs is 3. The Morgan fingerprint density at radius 3 is 1.63 bits per heavy atom. The van der Waals surface area contributed by atoms with Gasteiger partial charge in [-0.05, 0) is 94.8 Å². The molecule has 0 amide bonds. The van der Waals surface area contributed by atoms with E-state index in [0.717, 1.165) is 48.7 Å². The van der Waals surface area contributed by atoms with Gasteiger partial charge < -0.3 is 28.4 Å². The molecular formula is C37H38O6. The van der Waals surface area contributed by atoms with E-state index in [4.69, 9.17) is 28.4 Å². The fourth-order valence-corrected chi connectivity index (χ4v) is 5.01. The van der Waals surface area contributed by atoms with Gasteiger partial charge in [-0.3, -0.25) is 0 Å². The van der Waals surface area contributed by atoms with E-state index in [0.29, 0.717) is 26.4 Å². The maximum atomic E-state index is 5.92. The Morgan fingerprint density at radius 1 is 0.512 bits per heavy atom. The summed E-state index contributed by atoms with van der Waals surface area (Å²) in [4.78, 5) is 0. The summed E-state index contributed by atoms with van der Waals surface area (Å²) >= 11 is 0. The first-order valence-corrected chi connectivity index (χ1v) is 14.6. The summed E-state index contributed by atoms with van der Waals surface area (Å²) in [6.07, 6.45) is 6.28. The second kappa shape index (κ2) is 15.4. The molecule has 0 N–H and O–H groups in total. The maximum Gasteiger partial charge on any atom is 0.230 e. The van der Waals surface area contributed by atoms with E-state index in [1.54, 1.807) is 0 Å². The van der Waals surface area contributed by atoms with Gasteiger partial charge in [0.25, 0.3) is 0 Å². The van der Waals surface area contributed by atoms with Gasteiger partial charge in [0.15, 0.2) is 0 Å². The molecule has 0 spiro atoms. The molecule has 1 aliphatic rings. The Labute approximate surface area is 254 Å². The van der Waals surface area contributed by atoms with Crippen molar-refractivity contribution < 1.29 is 28.4 Å². The zero-order valence-corrected chi connectivity index (χ0v) is 24.5. The van der Waals surface area contributed by atoms with E-state index < -0.39 is 0 Å². The van der Waals surface area contributed by atoms with Gasteiger partial charge in [0.05, 0.1) is 39.0 Å². The molecule has 6 heteroatoms. The summed E-state index contributed by atoms with van der Waals surface area (Å²) in [5, 5.41) is 0. The van der Waals surface area contributed by atoms with Gasteiger partial charge in [-0.1, -0.05) is 49.6 Å². The molecule has 0 fully saturated rings. The highest BCUT2D eigenvalue weighted by molar-refractivity contribution is 5.77. The monoisotopic (exact) mass is 578 g/mol. The summed E-state index contributed by atoms with van der Waals surface area (Å²) in [5.74, 6) is 3.18. The van der Waals surface area contributed by atoms with Crippen LogP contribution in [0, 0.1) is 0 Å². The van der Waals surface area contributed by atoms with Gasteiger partial charge in [0.2, 0.25) is 6.79 Å². The van der Waals surface area contributed by atoms with Crippen molar-refractivity contribution in [3.63, 3.8) is 0 Å². The Hall–Kier alpha value is -4.84. The molecule has 0 bridgehead atoms. The fourth-order valence-electron chi connectivity index (χ4n) is 5.01. The van der Waals surface area contributed by atoms with Gasteiger partial charge in [0, 0.05) is 12.8 Å². The van der Waals surface area contributed by atoms with Crippen molar-refractivity contribution in [2.45, 2.75) is 25.7 Å². The van der Waals surface area contributed by atoms with Crippen molar-refractivity contribution >= 4 is 0 Å². The molecule has 0 heterocycles. The van der Waals surface area contributed by atoms with Crippen molar-refractivity contribution in [3.05, 3.63) is 133 Å². The standard InChI is InChI=1S/C37H38O6/c1-3-38-19-5-21-40-32-10-7-28(8-11-32)23-29-9-17-36-30(24-29)25-31-26-35(16-18-37(31)36)43-27-42-34-14-12-33(13-15-34)41-22-6-20-39-4-2/h3-4,7-18,24,26H,1-2,5-6,19-23,25,27H2. The van der Waals surface area contributed by atoms with Crippen molar-refractivity contribution in [1.29, 1.82) is 0 Å². The average Bonchev–Trinajstić information content (AvgIpc) is 3.39. The van der Waals surface area contributed by atoms with E-state index in [2.05, 4.69) is 55.6 Å². The van der Waals surface area contributed by atoms with Crippen LogP contribution < -0.4 is 18.9 Å². The number of benzene rings is 4. The molecule has 222 valence electrons. The van der Waals surface area contributed by atoms with Gasteiger partial charge >= 0.3 is 0 Å². The SMILES string of the molecule is C=COCCCOc1ccc(Cc2ccc3c(c2)Cc2cc(OCOc4ccc(OCCCOC=C)cc4)ccc2-3)cc1. The molecule has 5 rings (SSSR count). The van der Waals surface area contributed by atoms with E-state index in [-0.39, 0.29) is 6.79 Å². The molecule has 4 aromatic carbocycles. The topological polar surface area (TPSA) is 55.4 Å². The zero-order chi connectivity index (χ0) is 29.7. The number of hydrogen-bond donors (Lipinski definition) is 0. The fraction of sp³-hybridized carbons (Fsp3) is 0.243. The first kappa shape index (κ1) is 29.6. The van der Waals surface area contributed by atoms with Crippen molar-refractivity contribution in [2.75, 3.05) is 33.2 Å². The molecule has 0 atom stereocenters. The Balaban J connectivity index is 1.08. The lowest BCUT2D eigenvalue weighted by Gasteiger charge is -2.11. The predicted octanol–water partition coefficient (Wildman–Crippen LogP) is 8.12. The second-order valence-corrected chi connectivity index (χ2v) is 10.2. The molecule has 6 nitrogen and oxygen atoms in total. The number of rotatable bonds is 18. The highest BCUT2D eigenvalue weighted by atomic mass is 16.7. The molecule has 0 saturated heterocycles. The largest absolute Gasteiger partial charge is 0.502 e. The summed E-state index contributed by atoms with van der Waals surface area (Å²) in [7, 11) is 0. The number of ether oxygens (including phenoxy) is 6. The smallest absolute Gasteiger partial charge is 0.230 e. The summed E-state index contributed by atoms with van der Waals surface area (Å²) in [6.45, 7) is 9.62. The summed E-state index contributed by atoms with van der Waals surface area (Å²) in [6, 6.07) is 28.9. The average molecular weight is 579 g/mol. The zero-order valence-electron chi connectivity index (χ0n) is 24.5. The Kier molecular flexibility index (Phi) is 10.6. The third-order valence-corrected chi connectivity index (χ3v) is 7.11. The third-order valence-electron chi connectivity index (χ3n) is 7.11. The van der Waals surface area contributed by atoms with Gasteiger partial charge in [0.1, 0.15) is 23.0 Å². The lowest BCUT2D eigenvalue weighted by molar-refractivity contribution is 0.119. The minimum atomic E-state index is 0.128. The van der Waals surface area contributed by atoms with E-state index >= 15 is 0 Å².